The molecular formula is C11H5ClN2O2S. The number of aldehydes is 1. The molecule has 0 aliphatic heterocycles. The van der Waals surface area contributed by atoms with E-state index in [1.807, 2.05) is 6.07 Å². The summed E-state index contributed by atoms with van der Waals surface area (Å²) in [5.41, 5.74) is 0.545. The third-order valence-electron chi connectivity index (χ3n) is 1.89. The highest BCUT2D eigenvalue weighted by molar-refractivity contribution is 7.15. The fraction of sp³-hybridized carbons (Fsp3) is 0. The highest BCUT2D eigenvalue weighted by Crippen LogP contribution is 2.30. The minimum Gasteiger partial charge on any atom is -0.431 e. The lowest BCUT2D eigenvalue weighted by atomic mass is 10.2. The summed E-state index contributed by atoms with van der Waals surface area (Å²) in [4.78, 5) is 14.8. The van der Waals surface area contributed by atoms with Crippen LogP contribution in [0.3, 0.4) is 0 Å². The van der Waals surface area contributed by atoms with E-state index in [0.717, 1.165) is 11.3 Å². The van der Waals surface area contributed by atoms with Crippen molar-refractivity contribution in [2.45, 2.75) is 0 Å². The molecule has 0 amide bonds. The van der Waals surface area contributed by atoms with Gasteiger partial charge in [-0.3, -0.25) is 4.79 Å². The Morgan fingerprint density at radius 2 is 2.12 bits per heavy atom. The molecule has 2 aromatic rings. The Kier molecular flexibility index (Phi) is 3.38. The molecule has 1 aromatic carbocycles. The van der Waals surface area contributed by atoms with Gasteiger partial charge in [-0.1, -0.05) is 22.9 Å². The van der Waals surface area contributed by atoms with Gasteiger partial charge in [0.1, 0.15) is 10.6 Å². The number of carbonyl (C=O) groups is 1. The van der Waals surface area contributed by atoms with Gasteiger partial charge in [-0.15, -0.1) is 0 Å². The van der Waals surface area contributed by atoms with Crippen LogP contribution in [0.4, 0.5) is 0 Å². The van der Waals surface area contributed by atoms with Crippen LogP contribution in [0.5, 0.6) is 10.9 Å². The number of hydrogen-bond acceptors (Lipinski definition) is 5. The van der Waals surface area contributed by atoms with Crippen LogP contribution in [0.15, 0.2) is 24.3 Å². The Balaban J connectivity index is 2.19. The van der Waals surface area contributed by atoms with Gasteiger partial charge < -0.3 is 4.74 Å². The summed E-state index contributed by atoms with van der Waals surface area (Å²) in [6, 6.07) is 8.56. The molecule has 0 atom stereocenters. The molecule has 0 spiro atoms. The van der Waals surface area contributed by atoms with Crippen LogP contribution in [-0.2, 0) is 0 Å². The van der Waals surface area contributed by atoms with Crippen LogP contribution < -0.4 is 4.74 Å². The third-order valence-corrected chi connectivity index (χ3v) is 3.14. The second-order valence-corrected chi connectivity index (χ2v) is 4.34. The number of nitrogens with zero attached hydrogens (tertiary/aromatic N) is 2. The molecule has 0 saturated heterocycles. The largest absolute Gasteiger partial charge is 0.431 e. The molecule has 0 aliphatic rings. The Morgan fingerprint density at radius 3 is 2.65 bits per heavy atom. The van der Waals surface area contributed by atoms with E-state index in [-0.39, 0.29) is 5.15 Å². The standard InChI is InChI=1S/C11H5ClN2O2S/c12-10-9(6-15)17-11(14-10)16-8-3-1-7(5-13)2-4-8/h1-4,6H. The first-order chi connectivity index (χ1) is 8.22. The molecule has 1 heterocycles. The summed E-state index contributed by atoms with van der Waals surface area (Å²) >= 11 is 6.77. The van der Waals surface area contributed by atoms with Gasteiger partial charge in [-0.05, 0) is 24.3 Å². The minimum absolute atomic E-state index is 0.133. The van der Waals surface area contributed by atoms with Gasteiger partial charge in [0.25, 0.3) is 5.19 Å². The van der Waals surface area contributed by atoms with Gasteiger partial charge in [-0.2, -0.15) is 10.2 Å². The van der Waals surface area contributed by atoms with Gasteiger partial charge in [-0.25, -0.2) is 0 Å². The Bertz CT molecular complexity index is 587. The van der Waals surface area contributed by atoms with Crippen LogP contribution in [-0.4, -0.2) is 11.3 Å². The zero-order chi connectivity index (χ0) is 12.3. The number of halogens is 1. The molecule has 2 rings (SSSR count). The maximum Gasteiger partial charge on any atom is 0.280 e. The Hall–Kier alpha value is -1.90. The van der Waals surface area contributed by atoms with Gasteiger partial charge in [0.2, 0.25) is 0 Å². The van der Waals surface area contributed by atoms with Gasteiger partial charge in [0.15, 0.2) is 11.4 Å². The highest BCUT2D eigenvalue weighted by atomic mass is 35.5. The number of hydrogen-bond donors (Lipinski definition) is 0. The minimum atomic E-state index is 0.133. The zero-order valence-electron chi connectivity index (χ0n) is 8.38. The summed E-state index contributed by atoms with van der Waals surface area (Å²) in [5.74, 6) is 0.534. The second kappa shape index (κ2) is 4.95. The predicted molar refractivity (Wildman–Crippen MR) is 63.7 cm³/mol. The number of rotatable bonds is 3. The quantitative estimate of drug-likeness (QED) is 0.798. The summed E-state index contributed by atoms with van der Waals surface area (Å²) in [5, 5.41) is 9.06. The summed E-state index contributed by atoms with van der Waals surface area (Å²) < 4.78 is 5.40. The molecule has 0 radical (unpaired) electrons. The lowest BCUT2D eigenvalue weighted by Gasteiger charge is -2.00. The zero-order valence-corrected chi connectivity index (χ0v) is 9.96. The number of thiazole rings is 1. The second-order valence-electron chi connectivity index (χ2n) is 2.99. The molecular weight excluding hydrogens is 260 g/mol. The molecule has 84 valence electrons. The van der Waals surface area contributed by atoms with Crippen molar-refractivity contribution >= 4 is 29.2 Å². The molecule has 0 fully saturated rings. The molecule has 0 unspecified atom stereocenters. The first-order valence-corrected chi connectivity index (χ1v) is 5.72. The van der Waals surface area contributed by atoms with Crippen molar-refractivity contribution in [3.8, 4) is 17.0 Å². The van der Waals surface area contributed by atoms with Gasteiger partial charge in [0.05, 0.1) is 11.6 Å². The first-order valence-electron chi connectivity index (χ1n) is 4.52. The lowest BCUT2D eigenvalue weighted by molar-refractivity contribution is 0.112. The smallest absolute Gasteiger partial charge is 0.280 e. The van der Waals surface area contributed by atoms with Crippen molar-refractivity contribution in [2.75, 3.05) is 0 Å². The van der Waals surface area contributed by atoms with E-state index in [2.05, 4.69) is 4.98 Å². The van der Waals surface area contributed by atoms with E-state index in [1.54, 1.807) is 24.3 Å². The normalized spacial score (nSPS) is 9.65. The van der Waals surface area contributed by atoms with E-state index in [9.17, 15) is 4.79 Å². The number of nitriles is 1. The molecule has 0 saturated carbocycles. The van der Waals surface area contributed by atoms with Crippen molar-refractivity contribution in [2.24, 2.45) is 0 Å². The van der Waals surface area contributed by atoms with Crippen LogP contribution in [0.25, 0.3) is 0 Å². The molecule has 0 N–H and O–H groups in total. The summed E-state index contributed by atoms with van der Waals surface area (Å²) in [6.07, 6.45) is 0.631. The molecule has 0 bridgehead atoms. The van der Waals surface area contributed by atoms with Crippen LogP contribution in [0.1, 0.15) is 15.2 Å². The average molecular weight is 265 g/mol. The molecule has 4 nitrogen and oxygen atoms in total. The fourth-order valence-corrected chi connectivity index (χ4v) is 2.04. The van der Waals surface area contributed by atoms with E-state index in [0.29, 0.717) is 27.7 Å². The van der Waals surface area contributed by atoms with Crippen LogP contribution in [0, 0.1) is 11.3 Å². The highest BCUT2D eigenvalue weighted by Gasteiger charge is 2.09. The molecule has 1 aromatic heterocycles. The van der Waals surface area contributed by atoms with E-state index in [4.69, 9.17) is 21.6 Å². The van der Waals surface area contributed by atoms with Crippen molar-refractivity contribution in [3.63, 3.8) is 0 Å². The average Bonchev–Trinajstić information content (AvgIpc) is 2.70. The predicted octanol–water partition coefficient (Wildman–Crippen LogP) is 3.27. The Labute approximate surface area is 106 Å². The third kappa shape index (κ3) is 2.61. The lowest BCUT2D eigenvalue weighted by Crippen LogP contribution is -1.82. The summed E-state index contributed by atoms with van der Waals surface area (Å²) in [7, 11) is 0. The Morgan fingerprint density at radius 1 is 1.41 bits per heavy atom. The fourth-order valence-electron chi connectivity index (χ4n) is 1.11. The number of ether oxygens (including phenoxy) is 1. The maximum absolute atomic E-state index is 10.6. The van der Waals surface area contributed by atoms with Crippen molar-refractivity contribution in [3.05, 3.63) is 39.9 Å². The first kappa shape index (κ1) is 11.6. The van der Waals surface area contributed by atoms with E-state index < -0.39 is 0 Å². The summed E-state index contributed by atoms with van der Waals surface area (Å²) in [6.45, 7) is 0. The van der Waals surface area contributed by atoms with E-state index in [1.165, 1.54) is 0 Å². The maximum atomic E-state index is 10.6. The molecule has 17 heavy (non-hydrogen) atoms. The van der Waals surface area contributed by atoms with Crippen molar-refractivity contribution in [1.82, 2.24) is 4.98 Å². The van der Waals surface area contributed by atoms with Crippen LogP contribution >= 0.6 is 22.9 Å². The molecule has 6 heteroatoms. The van der Waals surface area contributed by atoms with Gasteiger partial charge >= 0.3 is 0 Å². The van der Waals surface area contributed by atoms with Crippen molar-refractivity contribution in [1.29, 1.82) is 5.26 Å². The topological polar surface area (TPSA) is 63.0 Å². The number of carbonyl (C=O) groups excluding carboxylic acids is 1. The van der Waals surface area contributed by atoms with Crippen molar-refractivity contribution < 1.29 is 9.53 Å². The monoisotopic (exact) mass is 264 g/mol. The van der Waals surface area contributed by atoms with E-state index >= 15 is 0 Å². The SMILES string of the molecule is N#Cc1ccc(Oc2nc(Cl)c(C=O)s2)cc1. The number of benzene rings is 1. The van der Waals surface area contributed by atoms with Crippen LogP contribution in [0.2, 0.25) is 5.15 Å². The van der Waals surface area contributed by atoms with Gasteiger partial charge in [0, 0.05) is 0 Å². The number of aromatic nitrogens is 1. The molecule has 0 aliphatic carbocycles.